The van der Waals surface area contributed by atoms with Crippen molar-refractivity contribution in [1.29, 1.82) is 0 Å². The predicted octanol–water partition coefficient (Wildman–Crippen LogP) is 4.44. The quantitative estimate of drug-likeness (QED) is 0.794. The largest absolute Gasteiger partial charge is 0.496 e. The molecule has 146 valence electrons. The first-order valence-corrected chi connectivity index (χ1v) is 9.37. The zero-order valence-electron chi connectivity index (χ0n) is 15.7. The summed E-state index contributed by atoms with van der Waals surface area (Å²) in [7, 11) is 1.66. The predicted molar refractivity (Wildman–Crippen MR) is 112 cm³/mol. The monoisotopic (exact) mass is 408 g/mol. The lowest BCUT2D eigenvalue weighted by atomic mass is 9.95. The first-order valence-electron chi connectivity index (χ1n) is 8.99. The summed E-state index contributed by atoms with van der Waals surface area (Å²) >= 11 is 6.39. The third-order valence-electron chi connectivity index (χ3n) is 4.98. The molecule has 1 fully saturated rings. The van der Waals surface area contributed by atoms with Crippen molar-refractivity contribution in [3.05, 3.63) is 64.7 Å². The Hall–Kier alpha value is -1.75. The van der Waals surface area contributed by atoms with E-state index in [1.54, 1.807) is 7.11 Å². The van der Waals surface area contributed by atoms with Crippen LogP contribution in [0, 0.1) is 0 Å². The highest BCUT2D eigenvalue weighted by Gasteiger charge is 2.30. The van der Waals surface area contributed by atoms with E-state index in [1.165, 1.54) is 0 Å². The maximum atomic E-state index is 13.1. The molecule has 3 rings (SSSR count). The topological polar surface area (TPSA) is 41.6 Å². The van der Waals surface area contributed by atoms with E-state index in [2.05, 4.69) is 12.2 Å². The molecule has 1 N–H and O–H groups in total. The molecule has 1 saturated heterocycles. The van der Waals surface area contributed by atoms with Gasteiger partial charge >= 0.3 is 0 Å². The average Bonchev–Trinajstić information content (AvgIpc) is 2.68. The van der Waals surface area contributed by atoms with E-state index in [0.29, 0.717) is 18.0 Å². The van der Waals surface area contributed by atoms with Gasteiger partial charge in [-0.15, -0.1) is 12.4 Å². The summed E-state index contributed by atoms with van der Waals surface area (Å²) in [6.07, 6.45) is 0.446. The average molecular weight is 409 g/mol. The van der Waals surface area contributed by atoms with Crippen molar-refractivity contribution in [2.75, 3.05) is 26.7 Å². The molecular formula is C21H26Cl2N2O2. The van der Waals surface area contributed by atoms with Gasteiger partial charge in [-0.1, -0.05) is 54.9 Å². The molecular weight excluding hydrogens is 383 g/mol. The number of carbonyl (C=O) groups is 1. The Morgan fingerprint density at radius 2 is 1.96 bits per heavy atom. The summed E-state index contributed by atoms with van der Waals surface area (Å²) in [5.41, 5.74) is 2.06. The lowest BCUT2D eigenvalue weighted by Crippen LogP contribution is -2.49. The third-order valence-corrected chi connectivity index (χ3v) is 5.32. The fourth-order valence-electron chi connectivity index (χ4n) is 3.59. The highest BCUT2D eigenvalue weighted by molar-refractivity contribution is 6.31. The standard InChI is InChI=1S/C21H25ClN2O2.ClH/c1-15(16-7-4-6-10-20(16)26-2)13-21(25)24-12-11-23-14-19(24)17-8-3-5-9-18(17)22;/h3-10,15,19,23H,11-14H2,1-2H3;1H. The van der Waals surface area contributed by atoms with Crippen LogP contribution in [-0.2, 0) is 4.79 Å². The van der Waals surface area contributed by atoms with Crippen LogP contribution in [0.5, 0.6) is 5.75 Å². The van der Waals surface area contributed by atoms with E-state index < -0.39 is 0 Å². The lowest BCUT2D eigenvalue weighted by Gasteiger charge is -2.37. The Kier molecular flexibility index (Phi) is 7.96. The Labute approximate surface area is 172 Å². The van der Waals surface area contributed by atoms with Crippen LogP contribution >= 0.6 is 24.0 Å². The van der Waals surface area contributed by atoms with Gasteiger partial charge in [0.1, 0.15) is 5.75 Å². The highest BCUT2D eigenvalue weighted by Crippen LogP contribution is 2.32. The van der Waals surface area contributed by atoms with E-state index in [-0.39, 0.29) is 30.3 Å². The molecule has 1 aliphatic rings. The summed E-state index contributed by atoms with van der Waals surface area (Å²) in [5.74, 6) is 1.06. The molecule has 0 radical (unpaired) electrons. The van der Waals surface area contributed by atoms with Crippen LogP contribution in [0.15, 0.2) is 48.5 Å². The van der Waals surface area contributed by atoms with Gasteiger partial charge in [0.2, 0.25) is 5.91 Å². The molecule has 2 unspecified atom stereocenters. The van der Waals surface area contributed by atoms with Gasteiger partial charge in [0.05, 0.1) is 13.2 Å². The van der Waals surface area contributed by atoms with Gasteiger partial charge in [-0.2, -0.15) is 0 Å². The second-order valence-electron chi connectivity index (χ2n) is 6.68. The Morgan fingerprint density at radius 1 is 1.26 bits per heavy atom. The van der Waals surface area contributed by atoms with Gasteiger partial charge in [-0.25, -0.2) is 0 Å². The van der Waals surface area contributed by atoms with Crippen molar-refractivity contribution < 1.29 is 9.53 Å². The van der Waals surface area contributed by atoms with Crippen molar-refractivity contribution in [3.8, 4) is 5.75 Å². The number of hydrogen-bond donors (Lipinski definition) is 1. The number of amides is 1. The Morgan fingerprint density at radius 3 is 2.70 bits per heavy atom. The van der Waals surface area contributed by atoms with Gasteiger partial charge in [-0.3, -0.25) is 4.79 Å². The molecule has 2 aromatic carbocycles. The maximum absolute atomic E-state index is 13.1. The van der Waals surface area contributed by atoms with E-state index in [4.69, 9.17) is 16.3 Å². The van der Waals surface area contributed by atoms with E-state index in [9.17, 15) is 4.79 Å². The molecule has 6 heteroatoms. The molecule has 4 nitrogen and oxygen atoms in total. The lowest BCUT2D eigenvalue weighted by molar-refractivity contribution is -0.134. The SMILES string of the molecule is COc1ccccc1C(C)CC(=O)N1CCNCC1c1ccccc1Cl.Cl. The fourth-order valence-corrected chi connectivity index (χ4v) is 3.85. The van der Waals surface area contributed by atoms with E-state index >= 15 is 0 Å². The normalized spacial score (nSPS) is 17.7. The minimum atomic E-state index is -0.0326. The molecule has 0 saturated carbocycles. The molecule has 1 amide bonds. The third kappa shape index (κ3) is 4.95. The Bertz CT molecular complexity index is 769. The van der Waals surface area contributed by atoms with Gasteiger partial charge in [0.25, 0.3) is 0 Å². The molecule has 27 heavy (non-hydrogen) atoms. The van der Waals surface area contributed by atoms with Crippen LogP contribution in [0.3, 0.4) is 0 Å². The zero-order valence-corrected chi connectivity index (χ0v) is 17.2. The smallest absolute Gasteiger partial charge is 0.223 e. The van der Waals surface area contributed by atoms with E-state index in [0.717, 1.165) is 30.0 Å². The number of carbonyl (C=O) groups excluding carboxylic acids is 1. The molecule has 0 bridgehead atoms. The molecule has 2 aromatic rings. The number of methoxy groups -OCH3 is 1. The van der Waals surface area contributed by atoms with Crippen LogP contribution in [-0.4, -0.2) is 37.6 Å². The van der Waals surface area contributed by atoms with Gasteiger partial charge in [0, 0.05) is 31.1 Å². The van der Waals surface area contributed by atoms with Gasteiger partial charge < -0.3 is 15.0 Å². The van der Waals surface area contributed by atoms with Crippen molar-refractivity contribution in [1.82, 2.24) is 10.2 Å². The zero-order chi connectivity index (χ0) is 18.5. The number of hydrogen-bond acceptors (Lipinski definition) is 3. The number of ether oxygens (including phenoxy) is 1. The molecule has 0 aromatic heterocycles. The summed E-state index contributed by atoms with van der Waals surface area (Å²) in [4.78, 5) is 15.1. The van der Waals surface area contributed by atoms with Crippen LogP contribution in [0.25, 0.3) is 0 Å². The van der Waals surface area contributed by atoms with Gasteiger partial charge in [-0.05, 0) is 29.2 Å². The van der Waals surface area contributed by atoms with Gasteiger partial charge in [0.15, 0.2) is 0 Å². The molecule has 0 spiro atoms. The van der Waals surface area contributed by atoms with Crippen LogP contribution < -0.4 is 10.1 Å². The minimum Gasteiger partial charge on any atom is -0.496 e. The molecule has 0 aliphatic carbocycles. The molecule has 1 aliphatic heterocycles. The number of benzene rings is 2. The highest BCUT2D eigenvalue weighted by atomic mass is 35.5. The summed E-state index contributed by atoms with van der Waals surface area (Å²) < 4.78 is 5.45. The van der Waals surface area contributed by atoms with Crippen LogP contribution in [0.1, 0.15) is 36.4 Å². The van der Waals surface area contributed by atoms with Crippen LogP contribution in [0.4, 0.5) is 0 Å². The summed E-state index contributed by atoms with van der Waals surface area (Å²) in [5, 5.41) is 4.08. The number of nitrogens with one attached hydrogen (secondary N) is 1. The minimum absolute atomic E-state index is 0. The van der Waals surface area contributed by atoms with E-state index in [1.807, 2.05) is 53.4 Å². The Balaban J connectivity index is 0.00000261. The number of para-hydroxylation sites is 1. The number of nitrogens with zero attached hydrogens (tertiary/aromatic N) is 1. The van der Waals surface area contributed by atoms with Crippen molar-refractivity contribution >= 4 is 29.9 Å². The molecule has 1 heterocycles. The van der Waals surface area contributed by atoms with Crippen LogP contribution in [0.2, 0.25) is 5.02 Å². The van der Waals surface area contributed by atoms with Crippen molar-refractivity contribution in [3.63, 3.8) is 0 Å². The first-order chi connectivity index (χ1) is 12.6. The number of piperazine rings is 1. The summed E-state index contributed by atoms with van der Waals surface area (Å²) in [6.45, 7) is 4.28. The number of halogens is 2. The molecule has 2 atom stereocenters. The first kappa shape index (κ1) is 21.5. The number of rotatable bonds is 5. The van der Waals surface area contributed by atoms with Crippen molar-refractivity contribution in [2.45, 2.75) is 25.3 Å². The maximum Gasteiger partial charge on any atom is 0.223 e. The van der Waals surface area contributed by atoms with Crippen molar-refractivity contribution in [2.24, 2.45) is 0 Å². The fraction of sp³-hybridized carbons (Fsp3) is 0.381. The summed E-state index contributed by atoms with van der Waals surface area (Å²) in [6, 6.07) is 15.6. The second kappa shape index (κ2) is 9.98. The second-order valence-corrected chi connectivity index (χ2v) is 7.08.